The maximum Gasteiger partial charge on any atom is 0.0824 e. The van der Waals surface area contributed by atoms with Crippen molar-refractivity contribution in [3.8, 4) is 0 Å². The molecular formula is C28H34O3. The fourth-order valence-electron chi connectivity index (χ4n) is 4.54. The summed E-state index contributed by atoms with van der Waals surface area (Å²) in [6.07, 6.45) is 0.785. The molecule has 3 aromatic rings. The number of aliphatic hydroxyl groups excluding tert-OH is 3. The molecule has 0 aromatic heterocycles. The number of hydrogen-bond acceptors (Lipinski definition) is 3. The Morgan fingerprint density at radius 1 is 0.613 bits per heavy atom. The fraction of sp³-hybridized carbons (Fsp3) is 0.357. The number of aliphatic hydroxyl groups is 3. The summed E-state index contributed by atoms with van der Waals surface area (Å²) in [5, 5.41) is 33.0. The second-order valence-corrected chi connectivity index (χ2v) is 8.29. The lowest BCUT2D eigenvalue weighted by Crippen LogP contribution is -2.45. The van der Waals surface area contributed by atoms with Crippen LogP contribution in [0.3, 0.4) is 0 Å². The van der Waals surface area contributed by atoms with Gasteiger partial charge in [0.15, 0.2) is 0 Å². The monoisotopic (exact) mass is 418 g/mol. The van der Waals surface area contributed by atoms with Crippen LogP contribution >= 0.6 is 0 Å². The Bertz CT molecular complexity index is 783. The average molecular weight is 419 g/mol. The molecule has 0 aliphatic rings. The van der Waals surface area contributed by atoms with Gasteiger partial charge in [0.2, 0.25) is 0 Å². The SMILES string of the molecule is CCCCCC(O)C(O)CC(O)C(c1ccccc1)(c1ccccc1)c1ccccc1. The zero-order valence-corrected chi connectivity index (χ0v) is 18.3. The average Bonchev–Trinajstić information content (AvgIpc) is 2.82. The third-order valence-corrected chi connectivity index (χ3v) is 6.20. The molecule has 0 amide bonds. The van der Waals surface area contributed by atoms with Crippen molar-refractivity contribution in [2.24, 2.45) is 0 Å². The first-order valence-corrected chi connectivity index (χ1v) is 11.3. The zero-order chi connectivity index (χ0) is 22.1. The Morgan fingerprint density at radius 3 is 1.42 bits per heavy atom. The molecule has 0 aliphatic carbocycles. The molecule has 0 heterocycles. The standard InChI is InChI=1S/C28H34O3/c1-2-3-7-20-25(29)26(30)21-27(31)28(22-14-8-4-9-15-22,23-16-10-5-11-17-23)24-18-12-6-13-19-24/h4-6,8-19,25-27,29-31H,2-3,7,20-21H2,1H3. The minimum absolute atomic E-state index is 0.0754. The van der Waals surface area contributed by atoms with Crippen molar-refractivity contribution in [1.82, 2.24) is 0 Å². The highest BCUT2D eigenvalue weighted by Crippen LogP contribution is 2.43. The Labute approximate surface area is 186 Å². The van der Waals surface area contributed by atoms with Crippen molar-refractivity contribution in [3.63, 3.8) is 0 Å². The highest BCUT2D eigenvalue weighted by molar-refractivity contribution is 5.52. The maximum absolute atomic E-state index is 11.7. The summed E-state index contributed by atoms with van der Waals surface area (Å²) >= 11 is 0. The first-order valence-electron chi connectivity index (χ1n) is 11.3. The zero-order valence-electron chi connectivity index (χ0n) is 18.3. The highest BCUT2D eigenvalue weighted by Gasteiger charge is 2.44. The Hall–Kier alpha value is -2.46. The van der Waals surface area contributed by atoms with Gasteiger partial charge in [0.05, 0.1) is 23.7 Å². The Kier molecular flexibility index (Phi) is 8.42. The second kappa shape index (κ2) is 11.2. The Balaban J connectivity index is 2.05. The van der Waals surface area contributed by atoms with Crippen LogP contribution in [0.25, 0.3) is 0 Å². The van der Waals surface area contributed by atoms with Crippen LogP contribution in [0.4, 0.5) is 0 Å². The molecule has 3 nitrogen and oxygen atoms in total. The Morgan fingerprint density at radius 2 is 1.03 bits per heavy atom. The van der Waals surface area contributed by atoms with Gasteiger partial charge in [-0.1, -0.05) is 117 Å². The topological polar surface area (TPSA) is 60.7 Å². The summed E-state index contributed by atoms with van der Waals surface area (Å²) in [6, 6.07) is 29.8. The van der Waals surface area contributed by atoms with Crippen LogP contribution in [-0.4, -0.2) is 33.6 Å². The lowest BCUT2D eigenvalue weighted by Gasteiger charge is -2.41. The number of unbranched alkanes of at least 4 members (excludes halogenated alkanes) is 2. The molecule has 0 saturated heterocycles. The van der Waals surface area contributed by atoms with Crippen LogP contribution < -0.4 is 0 Å². The van der Waals surface area contributed by atoms with Gasteiger partial charge in [0, 0.05) is 6.42 Å². The van der Waals surface area contributed by atoms with Crippen molar-refractivity contribution < 1.29 is 15.3 Å². The summed E-state index contributed by atoms with van der Waals surface area (Å²) in [4.78, 5) is 0. The van der Waals surface area contributed by atoms with Gasteiger partial charge in [-0.2, -0.15) is 0 Å². The number of benzene rings is 3. The number of rotatable bonds is 11. The summed E-state index contributed by atoms with van der Waals surface area (Å²) in [6.45, 7) is 2.11. The summed E-state index contributed by atoms with van der Waals surface area (Å²) in [5.41, 5.74) is 1.99. The van der Waals surface area contributed by atoms with E-state index in [1.165, 1.54) is 0 Å². The van der Waals surface area contributed by atoms with Gasteiger partial charge in [-0.25, -0.2) is 0 Å². The lowest BCUT2D eigenvalue weighted by molar-refractivity contribution is -0.0259. The molecule has 0 bridgehead atoms. The molecule has 0 fully saturated rings. The molecule has 31 heavy (non-hydrogen) atoms. The van der Waals surface area contributed by atoms with Gasteiger partial charge in [-0.3, -0.25) is 0 Å². The molecule has 3 unspecified atom stereocenters. The van der Waals surface area contributed by atoms with Gasteiger partial charge in [-0.15, -0.1) is 0 Å². The molecule has 3 N–H and O–H groups in total. The van der Waals surface area contributed by atoms with E-state index in [4.69, 9.17) is 0 Å². The van der Waals surface area contributed by atoms with Crippen LogP contribution in [0, 0.1) is 0 Å². The van der Waals surface area contributed by atoms with Crippen molar-refractivity contribution in [2.75, 3.05) is 0 Å². The van der Waals surface area contributed by atoms with Crippen molar-refractivity contribution in [1.29, 1.82) is 0 Å². The van der Waals surface area contributed by atoms with E-state index in [1.54, 1.807) is 0 Å². The quantitative estimate of drug-likeness (QED) is 0.301. The minimum atomic E-state index is -0.998. The van der Waals surface area contributed by atoms with Crippen LogP contribution in [0.1, 0.15) is 55.7 Å². The summed E-state index contributed by atoms with van der Waals surface area (Å²) in [5.74, 6) is 0. The largest absolute Gasteiger partial charge is 0.391 e. The van der Waals surface area contributed by atoms with Crippen molar-refractivity contribution >= 4 is 0 Å². The van der Waals surface area contributed by atoms with E-state index in [-0.39, 0.29) is 6.42 Å². The van der Waals surface area contributed by atoms with Crippen molar-refractivity contribution in [3.05, 3.63) is 108 Å². The van der Waals surface area contributed by atoms with Crippen molar-refractivity contribution in [2.45, 2.75) is 62.8 Å². The molecule has 0 aliphatic heterocycles. The third kappa shape index (κ3) is 5.24. The van der Waals surface area contributed by atoms with Gasteiger partial charge in [-0.05, 0) is 23.1 Å². The van der Waals surface area contributed by atoms with E-state index in [1.807, 2.05) is 91.0 Å². The van der Waals surface area contributed by atoms with E-state index in [0.717, 1.165) is 36.0 Å². The van der Waals surface area contributed by atoms with E-state index >= 15 is 0 Å². The predicted molar refractivity (Wildman–Crippen MR) is 126 cm³/mol. The van der Waals surface area contributed by atoms with E-state index in [9.17, 15) is 15.3 Å². The van der Waals surface area contributed by atoms with Crippen LogP contribution in [0.15, 0.2) is 91.0 Å². The van der Waals surface area contributed by atoms with E-state index in [2.05, 4.69) is 6.92 Å². The lowest BCUT2D eigenvalue weighted by atomic mass is 9.64. The fourth-order valence-corrected chi connectivity index (χ4v) is 4.54. The molecule has 0 saturated carbocycles. The van der Waals surface area contributed by atoms with Crippen LogP contribution in [0.5, 0.6) is 0 Å². The third-order valence-electron chi connectivity index (χ3n) is 6.20. The number of hydrogen-bond donors (Lipinski definition) is 3. The van der Waals surface area contributed by atoms with Crippen LogP contribution in [0.2, 0.25) is 0 Å². The van der Waals surface area contributed by atoms with E-state index < -0.39 is 23.7 Å². The summed E-state index contributed by atoms with van der Waals surface area (Å²) in [7, 11) is 0. The molecule has 0 spiro atoms. The maximum atomic E-state index is 11.7. The summed E-state index contributed by atoms with van der Waals surface area (Å²) < 4.78 is 0. The van der Waals surface area contributed by atoms with Gasteiger partial charge >= 0.3 is 0 Å². The molecule has 3 aromatic carbocycles. The van der Waals surface area contributed by atoms with Crippen LogP contribution in [-0.2, 0) is 5.41 Å². The van der Waals surface area contributed by atoms with Gasteiger partial charge in [0.25, 0.3) is 0 Å². The van der Waals surface area contributed by atoms with Gasteiger partial charge < -0.3 is 15.3 Å². The molecule has 0 radical (unpaired) electrons. The second-order valence-electron chi connectivity index (χ2n) is 8.29. The first-order chi connectivity index (χ1) is 15.1. The highest BCUT2D eigenvalue weighted by atomic mass is 16.3. The first kappa shape index (κ1) is 23.2. The molecule has 164 valence electrons. The van der Waals surface area contributed by atoms with E-state index in [0.29, 0.717) is 6.42 Å². The normalized spacial score (nSPS) is 14.7. The molecule has 3 rings (SSSR count). The minimum Gasteiger partial charge on any atom is -0.391 e. The molecular weight excluding hydrogens is 384 g/mol. The molecule has 3 heteroatoms. The van der Waals surface area contributed by atoms with Gasteiger partial charge in [0.1, 0.15) is 0 Å². The smallest absolute Gasteiger partial charge is 0.0824 e. The molecule has 3 atom stereocenters. The predicted octanol–water partition coefficient (Wildman–Crippen LogP) is 5.07.